The van der Waals surface area contributed by atoms with Gasteiger partial charge in [0.15, 0.2) is 0 Å². The summed E-state index contributed by atoms with van der Waals surface area (Å²) in [5.41, 5.74) is 1.27. The standard InChI is InChI=1S/C18H24FNO3/c1-12(13-6-9-15(19)10-7-13)20-18(23)16-5-3-2-4-14(16)8-11-17(21)22/h2-5,12-13,15H,6-11H2,1H3,(H,20,23)(H,21,22). The van der Waals surface area contributed by atoms with E-state index in [1.807, 2.05) is 6.92 Å². The van der Waals surface area contributed by atoms with Crippen LogP contribution in [0, 0.1) is 5.92 Å². The molecule has 0 heterocycles. The molecular formula is C18H24FNO3. The van der Waals surface area contributed by atoms with E-state index in [9.17, 15) is 14.0 Å². The number of carboxylic acids is 1. The third-order valence-electron chi connectivity index (χ3n) is 4.64. The van der Waals surface area contributed by atoms with Gasteiger partial charge in [-0.15, -0.1) is 0 Å². The van der Waals surface area contributed by atoms with Gasteiger partial charge in [-0.2, -0.15) is 0 Å². The molecule has 1 atom stereocenters. The Hall–Kier alpha value is -1.91. The van der Waals surface area contributed by atoms with E-state index < -0.39 is 12.1 Å². The molecule has 0 aromatic heterocycles. The quantitative estimate of drug-likeness (QED) is 0.844. The summed E-state index contributed by atoms with van der Waals surface area (Å²) >= 11 is 0. The van der Waals surface area contributed by atoms with E-state index in [-0.39, 0.29) is 18.4 Å². The van der Waals surface area contributed by atoms with Crippen molar-refractivity contribution in [3.05, 3.63) is 35.4 Å². The molecule has 1 unspecified atom stereocenters. The van der Waals surface area contributed by atoms with Crippen molar-refractivity contribution < 1.29 is 19.1 Å². The zero-order chi connectivity index (χ0) is 16.8. The Morgan fingerprint density at radius 1 is 1.26 bits per heavy atom. The first-order valence-electron chi connectivity index (χ1n) is 8.22. The van der Waals surface area contributed by atoms with Gasteiger partial charge >= 0.3 is 5.97 Å². The molecule has 0 spiro atoms. The molecule has 0 bridgehead atoms. The normalized spacial score (nSPS) is 22.3. The lowest BCUT2D eigenvalue weighted by molar-refractivity contribution is -0.136. The Morgan fingerprint density at radius 3 is 2.57 bits per heavy atom. The van der Waals surface area contributed by atoms with Gasteiger partial charge in [0.05, 0.1) is 0 Å². The lowest BCUT2D eigenvalue weighted by Crippen LogP contribution is -2.40. The highest BCUT2D eigenvalue weighted by Gasteiger charge is 2.26. The molecule has 0 radical (unpaired) electrons. The lowest BCUT2D eigenvalue weighted by atomic mass is 9.83. The summed E-state index contributed by atoms with van der Waals surface area (Å²) in [5, 5.41) is 11.8. The van der Waals surface area contributed by atoms with E-state index in [0.717, 1.165) is 18.4 Å². The predicted molar refractivity (Wildman–Crippen MR) is 86.2 cm³/mol. The molecule has 1 amide bonds. The van der Waals surface area contributed by atoms with Gasteiger partial charge in [-0.1, -0.05) is 18.2 Å². The molecule has 1 aliphatic carbocycles. The van der Waals surface area contributed by atoms with Crippen LogP contribution in [0.5, 0.6) is 0 Å². The summed E-state index contributed by atoms with van der Waals surface area (Å²) in [6, 6.07) is 7.08. The van der Waals surface area contributed by atoms with Gasteiger partial charge in [0, 0.05) is 18.0 Å². The molecule has 0 aliphatic heterocycles. The first-order valence-corrected chi connectivity index (χ1v) is 8.22. The largest absolute Gasteiger partial charge is 0.481 e. The number of hydrogen-bond acceptors (Lipinski definition) is 2. The Labute approximate surface area is 136 Å². The number of carboxylic acid groups (broad SMARTS) is 1. The summed E-state index contributed by atoms with van der Waals surface area (Å²) in [7, 11) is 0. The number of nitrogens with one attached hydrogen (secondary N) is 1. The van der Waals surface area contributed by atoms with E-state index in [2.05, 4.69) is 5.32 Å². The molecule has 4 nitrogen and oxygen atoms in total. The maximum Gasteiger partial charge on any atom is 0.303 e. The SMILES string of the molecule is CC(NC(=O)c1ccccc1CCC(=O)O)C1CCC(F)CC1. The highest BCUT2D eigenvalue weighted by Crippen LogP contribution is 2.28. The smallest absolute Gasteiger partial charge is 0.303 e. The lowest BCUT2D eigenvalue weighted by Gasteiger charge is -2.30. The molecule has 1 aliphatic rings. The van der Waals surface area contributed by atoms with Crippen LogP contribution in [0.15, 0.2) is 24.3 Å². The highest BCUT2D eigenvalue weighted by atomic mass is 19.1. The third-order valence-corrected chi connectivity index (χ3v) is 4.64. The van der Waals surface area contributed by atoms with Crippen LogP contribution in [-0.2, 0) is 11.2 Å². The number of carbonyl (C=O) groups excluding carboxylic acids is 1. The number of hydrogen-bond donors (Lipinski definition) is 2. The van der Waals surface area contributed by atoms with Gasteiger partial charge in [-0.25, -0.2) is 4.39 Å². The first-order chi connectivity index (χ1) is 11.0. The van der Waals surface area contributed by atoms with Gasteiger partial charge < -0.3 is 10.4 Å². The first kappa shape index (κ1) is 17.4. The van der Waals surface area contributed by atoms with Gasteiger partial charge in [0.25, 0.3) is 5.91 Å². The average molecular weight is 321 g/mol. The van der Waals surface area contributed by atoms with E-state index in [1.165, 1.54) is 0 Å². The van der Waals surface area contributed by atoms with Crippen LogP contribution in [0.25, 0.3) is 0 Å². The maximum atomic E-state index is 13.2. The second kappa shape index (κ2) is 8.09. The summed E-state index contributed by atoms with van der Waals surface area (Å²) in [6.45, 7) is 1.96. The number of amides is 1. The van der Waals surface area contributed by atoms with E-state index in [4.69, 9.17) is 5.11 Å². The topological polar surface area (TPSA) is 66.4 Å². The molecule has 1 aromatic rings. The fourth-order valence-corrected chi connectivity index (χ4v) is 3.18. The monoisotopic (exact) mass is 321 g/mol. The fourth-order valence-electron chi connectivity index (χ4n) is 3.18. The van der Waals surface area contributed by atoms with Gasteiger partial charge in [-0.05, 0) is 56.6 Å². The van der Waals surface area contributed by atoms with E-state index >= 15 is 0 Å². The predicted octanol–water partition coefficient (Wildman–Crippen LogP) is 3.35. The Bertz CT molecular complexity index is 553. The molecule has 126 valence electrons. The van der Waals surface area contributed by atoms with Crippen LogP contribution >= 0.6 is 0 Å². The van der Waals surface area contributed by atoms with Crippen molar-refractivity contribution in [1.82, 2.24) is 5.32 Å². The van der Waals surface area contributed by atoms with Gasteiger partial charge in [-0.3, -0.25) is 9.59 Å². The van der Waals surface area contributed by atoms with Crippen molar-refractivity contribution in [3.63, 3.8) is 0 Å². The van der Waals surface area contributed by atoms with Gasteiger partial charge in [0.2, 0.25) is 0 Å². The van der Waals surface area contributed by atoms with Gasteiger partial charge in [0.1, 0.15) is 6.17 Å². The number of carbonyl (C=O) groups is 2. The Morgan fingerprint density at radius 2 is 1.91 bits per heavy atom. The molecule has 2 rings (SSSR count). The Balaban J connectivity index is 1.98. The minimum Gasteiger partial charge on any atom is -0.481 e. The second-order valence-corrected chi connectivity index (χ2v) is 6.33. The molecule has 5 heteroatoms. The van der Waals surface area contributed by atoms with Crippen molar-refractivity contribution in [2.24, 2.45) is 5.92 Å². The summed E-state index contributed by atoms with van der Waals surface area (Å²) in [5.74, 6) is -0.755. The van der Waals surface area contributed by atoms with Crippen molar-refractivity contribution in [1.29, 1.82) is 0 Å². The molecule has 1 fully saturated rings. The van der Waals surface area contributed by atoms with Crippen LogP contribution in [0.1, 0.15) is 54.9 Å². The minimum atomic E-state index is -0.878. The van der Waals surface area contributed by atoms with Crippen LogP contribution in [0.2, 0.25) is 0 Å². The van der Waals surface area contributed by atoms with Crippen molar-refractivity contribution in [2.45, 2.75) is 57.7 Å². The number of rotatable bonds is 6. The zero-order valence-corrected chi connectivity index (χ0v) is 13.4. The van der Waals surface area contributed by atoms with Crippen molar-refractivity contribution in [3.8, 4) is 0 Å². The van der Waals surface area contributed by atoms with Crippen LogP contribution in [-0.4, -0.2) is 29.2 Å². The van der Waals surface area contributed by atoms with E-state index in [1.54, 1.807) is 24.3 Å². The molecule has 1 saturated carbocycles. The number of aliphatic carboxylic acids is 1. The summed E-state index contributed by atoms with van der Waals surface area (Å²) in [4.78, 5) is 23.2. The molecule has 1 aromatic carbocycles. The Kier molecular flexibility index (Phi) is 6.13. The van der Waals surface area contributed by atoms with Crippen molar-refractivity contribution in [2.75, 3.05) is 0 Å². The summed E-state index contributed by atoms with van der Waals surface area (Å²) < 4.78 is 13.2. The maximum absolute atomic E-state index is 13.2. The fraction of sp³-hybridized carbons (Fsp3) is 0.556. The minimum absolute atomic E-state index is 0.000357. The summed E-state index contributed by atoms with van der Waals surface area (Å²) in [6.07, 6.45) is 2.36. The molecule has 0 saturated heterocycles. The number of alkyl halides is 1. The number of benzene rings is 1. The van der Waals surface area contributed by atoms with Crippen LogP contribution in [0.4, 0.5) is 4.39 Å². The molecule has 2 N–H and O–H groups in total. The number of halogens is 1. The van der Waals surface area contributed by atoms with Crippen LogP contribution in [0.3, 0.4) is 0 Å². The average Bonchev–Trinajstić information content (AvgIpc) is 2.53. The van der Waals surface area contributed by atoms with Crippen LogP contribution < -0.4 is 5.32 Å². The third kappa shape index (κ3) is 5.05. The molecular weight excluding hydrogens is 297 g/mol. The van der Waals surface area contributed by atoms with E-state index in [0.29, 0.717) is 30.7 Å². The van der Waals surface area contributed by atoms with Crippen molar-refractivity contribution >= 4 is 11.9 Å². The molecule has 23 heavy (non-hydrogen) atoms. The second-order valence-electron chi connectivity index (χ2n) is 6.33. The zero-order valence-electron chi connectivity index (χ0n) is 13.4. The highest BCUT2D eigenvalue weighted by molar-refractivity contribution is 5.96. The number of aryl methyl sites for hydroxylation is 1.